The summed E-state index contributed by atoms with van der Waals surface area (Å²) in [6.45, 7) is 7.31. The first-order valence-electron chi connectivity index (χ1n) is 9.88. The number of carbonyl (C=O) groups is 1. The number of hydrogen-bond acceptors (Lipinski definition) is 6. The van der Waals surface area contributed by atoms with Crippen LogP contribution >= 0.6 is 0 Å². The van der Waals surface area contributed by atoms with Crippen molar-refractivity contribution in [1.29, 1.82) is 0 Å². The van der Waals surface area contributed by atoms with Crippen LogP contribution in [0, 0.1) is 5.92 Å². The first-order valence-corrected chi connectivity index (χ1v) is 9.88. The summed E-state index contributed by atoms with van der Waals surface area (Å²) in [6, 6.07) is 6.00. The fourth-order valence-electron chi connectivity index (χ4n) is 3.48. The third-order valence-electron chi connectivity index (χ3n) is 5.17. The Kier molecular flexibility index (Phi) is 6.67. The van der Waals surface area contributed by atoms with E-state index in [0.29, 0.717) is 18.4 Å². The molecule has 28 heavy (non-hydrogen) atoms. The molecule has 1 saturated heterocycles. The number of carbonyl (C=O) groups excluding carboxylic acids is 1. The summed E-state index contributed by atoms with van der Waals surface area (Å²) in [6.07, 6.45) is 3.46. The zero-order valence-corrected chi connectivity index (χ0v) is 17.2. The molecular weight excluding hydrogens is 356 g/mol. The first kappa shape index (κ1) is 20.3. The lowest BCUT2D eigenvalue weighted by molar-refractivity contribution is 0.0878. The van der Waals surface area contributed by atoms with Gasteiger partial charge in [-0.25, -0.2) is 9.78 Å². The van der Waals surface area contributed by atoms with Crippen LogP contribution in [-0.4, -0.2) is 72.3 Å². The number of likely N-dealkylation sites (N-methyl/N-ethyl adjacent to an activating group) is 1. The largest absolute Gasteiger partial charge is 0.481 e. The Morgan fingerprint density at radius 1 is 1.36 bits per heavy atom. The van der Waals surface area contributed by atoms with Crippen LogP contribution in [0.25, 0.3) is 11.0 Å². The van der Waals surface area contributed by atoms with Gasteiger partial charge in [-0.15, -0.1) is 0 Å². The fourth-order valence-corrected chi connectivity index (χ4v) is 3.48. The molecule has 1 amide bonds. The molecule has 1 atom stereocenters. The number of hydrogen-bond donors (Lipinski definition) is 0. The zero-order chi connectivity index (χ0) is 20.1. The topological polar surface area (TPSA) is 67.8 Å². The first-order chi connectivity index (χ1) is 13.5. The Labute approximate surface area is 166 Å². The molecule has 0 radical (unpaired) electrons. The highest BCUT2D eigenvalue weighted by Gasteiger charge is 2.29. The van der Waals surface area contributed by atoms with Crippen molar-refractivity contribution in [2.24, 2.45) is 5.92 Å². The molecule has 0 spiro atoms. The van der Waals surface area contributed by atoms with Crippen molar-refractivity contribution < 1.29 is 14.3 Å². The van der Waals surface area contributed by atoms with Gasteiger partial charge < -0.3 is 19.3 Å². The zero-order valence-electron chi connectivity index (χ0n) is 17.2. The van der Waals surface area contributed by atoms with Crippen molar-refractivity contribution >= 4 is 17.1 Å². The Balaban J connectivity index is 1.56. The Bertz CT molecular complexity index is 811. The molecule has 1 fully saturated rings. The maximum atomic E-state index is 12.2. The summed E-state index contributed by atoms with van der Waals surface area (Å²) in [4.78, 5) is 25.3. The lowest BCUT2D eigenvalue weighted by Gasteiger charge is -2.24. The van der Waals surface area contributed by atoms with Crippen LogP contribution in [0.4, 0.5) is 4.79 Å². The summed E-state index contributed by atoms with van der Waals surface area (Å²) >= 11 is 0. The lowest BCUT2D eigenvalue weighted by atomic mass is 10.1. The van der Waals surface area contributed by atoms with E-state index < -0.39 is 0 Å². The molecule has 3 heterocycles. The normalized spacial score (nSPS) is 17.2. The van der Waals surface area contributed by atoms with Gasteiger partial charge in [-0.3, -0.25) is 4.98 Å². The molecule has 3 rings (SSSR count). The van der Waals surface area contributed by atoms with E-state index in [4.69, 9.17) is 9.47 Å². The van der Waals surface area contributed by atoms with Gasteiger partial charge >= 0.3 is 6.09 Å². The van der Waals surface area contributed by atoms with E-state index in [9.17, 15) is 4.79 Å². The van der Waals surface area contributed by atoms with E-state index in [2.05, 4.69) is 14.9 Å². The molecule has 0 aliphatic carbocycles. The molecule has 152 valence electrons. The van der Waals surface area contributed by atoms with Crippen molar-refractivity contribution in [3.63, 3.8) is 0 Å². The minimum Gasteiger partial charge on any atom is -0.481 e. The van der Waals surface area contributed by atoms with E-state index in [1.54, 1.807) is 12.0 Å². The molecule has 0 aromatic carbocycles. The maximum Gasteiger partial charge on any atom is 0.409 e. The van der Waals surface area contributed by atoms with Crippen LogP contribution < -0.4 is 4.74 Å². The van der Waals surface area contributed by atoms with E-state index in [0.717, 1.165) is 49.1 Å². The second-order valence-corrected chi connectivity index (χ2v) is 7.77. The van der Waals surface area contributed by atoms with E-state index in [1.807, 2.05) is 45.3 Å². The summed E-state index contributed by atoms with van der Waals surface area (Å²) in [7, 11) is 3.46. The molecule has 7 heteroatoms. The Hall–Kier alpha value is -2.41. The number of fused-ring (bicyclic) bond motifs is 1. The van der Waals surface area contributed by atoms with Crippen LogP contribution in [-0.2, 0) is 11.2 Å². The standard InChI is InChI=1S/C21H30N4O3/c1-15(2)14-28-21(26)24(3)17-9-12-25(13-17)11-8-16-7-10-22-18-5-6-19(27-4)23-20(16)18/h5-7,10,15,17H,8-9,11-14H2,1-4H3. The molecule has 7 nitrogen and oxygen atoms in total. The molecule has 1 unspecified atom stereocenters. The van der Waals surface area contributed by atoms with Crippen LogP contribution in [0.15, 0.2) is 24.4 Å². The minimum absolute atomic E-state index is 0.201. The van der Waals surface area contributed by atoms with Gasteiger partial charge in [-0.2, -0.15) is 0 Å². The third-order valence-corrected chi connectivity index (χ3v) is 5.17. The Morgan fingerprint density at radius 3 is 2.93 bits per heavy atom. The fraction of sp³-hybridized carbons (Fsp3) is 0.571. The second-order valence-electron chi connectivity index (χ2n) is 7.77. The van der Waals surface area contributed by atoms with Gasteiger partial charge in [0, 0.05) is 45.0 Å². The molecule has 2 aromatic heterocycles. The number of likely N-dealkylation sites (tertiary alicyclic amines) is 1. The van der Waals surface area contributed by atoms with Gasteiger partial charge in [0.25, 0.3) is 0 Å². The molecular formula is C21H30N4O3. The number of rotatable bonds is 7. The number of aromatic nitrogens is 2. The summed E-state index contributed by atoms with van der Waals surface area (Å²) in [5.41, 5.74) is 2.94. The summed E-state index contributed by atoms with van der Waals surface area (Å²) in [5.74, 6) is 0.948. The number of methoxy groups -OCH3 is 1. The molecule has 2 aromatic rings. The van der Waals surface area contributed by atoms with Crippen LogP contribution in [0.5, 0.6) is 5.88 Å². The highest BCUT2D eigenvalue weighted by atomic mass is 16.6. The summed E-state index contributed by atoms with van der Waals surface area (Å²) < 4.78 is 10.6. The van der Waals surface area contributed by atoms with Gasteiger partial charge in [0.15, 0.2) is 0 Å². The number of ether oxygens (including phenoxy) is 2. The smallest absolute Gasteiger partial charge is 0.409 e. The van der Waals surface area contributed by atoms with Gasteiger partial charge in [0.2, 0.25) is 5.88 Å². The molecule has 0 saturated carbocycles. The van der Waals surface area contributed by atoms with Gasteiger partial charge in [-0.1, -0.05) is 13.8 Å². The highest BCUT2D eigenvalue weighted by molar-refractivity contribution is 5.78. The summed E-state index contributed by atoms with van der Waals surface area (Å²) in [5, 5.41) is 0. The second kappa shape index (κ2) is 9.19. The van der Waals surface area contributed by atoms with Crippen molar-refractivity contribution in [3.8, 4) is 5.88 Å². The van der Waals surface area contributed by atoms with Crippen molar-refractivity contribution in [1.82, 2.24) is 19.8 Å². The van der Waals surface area contributed by atoms with Crippen LogP contribution in [0.1, 0.15) is 25.8 Å². The predicted octanol–water partition coefficient (Wildman–Crippen LogP) is 2.98. The molecule has 1 aliphatic rings. The van der Waals surface area contributed by atoms with Crippen LogP contribution in [0.3, 0.4) is 0 Å². The predicted molar refractivity (Wildman–Crippen MR) is 109 cm³/mol. The Morgan fingerprint density at radius 2 is 2.18 bits per heavy atom. The number of nitrogens with zero attached hydrogens (tertiary/aromatic N) is 4. The van der Waals surface area contributed by atoms with Crippen LogP contribution in [0.2, 0.25) is 0 Å². The van der Waals surface area contributed by atoms with Gasteiger partial charge in [-0.05, 0) is 36.5 Å². The number of pyridine rings is 2. The number of amides is 1. The van der Waals surface area contributed by atoms with E-state index in [1.165, 1.54) is 0 Å². The SMILES string of the molecule is COc1ccc2nccc(CCN3CCC(N(C)C(=O)OCC(C)C)C3)c2n1. The quantitative estimate of drug-likeness (QED) is 0.729. The highest BCUT2D eigenvalue weighted by Crippen LogP contribution is 2.20. The maximum absolute atomic E-state index is 12.2. The van der Waals surface area contributed by atoms with Crippen molar-refractivity contribution in [2.45, 2.75) is 32.7 Å². The molecule has 0 N–H and O–H groups in total. The average Bonchev–Trinajstić information content (AvgIpc) is 3.18. The monoisotopic (exact) mass is 386 g/mol. The van der Waals surface area contributed by atoms with Crippen molar-refractivity contribution in [2.75, 3.05) is 40.4 Å². The average molecular weight is 386 g/mol. The lowest BCUT2D eigenvalue weighted by Crippen LogP contribution is -2.40. The third kappa shape index (κ3) is 4.90. The van der Waals surface area contributed by atoms with Gasteiger partial charge in [0.05, 0.1) is 24.8 Å². The van der Waals surface area contributed by atoms with E-state index >= 15 is 0 Å². The van der Waals surface area contributed by atoms with Crippen molar-refractivity contribution in [3.05, 3.63) is 30.0 Å². The molecule has 0 bridgehead atoms. The minimum atomic E-state index is -0.225. The molecule has 1 aliphatic heterocycles. The van der Waals surface area contributed by atoms with E-state index in [-0.39, 0.29) is 12.1 Å². The van der Waals surface area contributed by atoms with Gasteiger partial charge in [0.1, 0.15) is 0 Å².